The van der Waals surface area contributed by atoms with Crippen molar-refractivity contribution in [1.82, 2.24) is 0 Å². The number of hydrogen-bond donors (Lipinski definition) is 0. The number of Topliss-reactive ketones (excluding diaryl/α,β-unsaturated/α-hetero) is 1. The smallest absolute Gasteiger partial charge is 0.309 e. The first-order chi connectivity index (χ1) is 8.04. The summed E-state index contributed by atoms with van der Waals surface area (Å²) in [4.78, 5) is 23.1. The van der Waals surface area contributed by atoms with Gasteiger partial charge in [-0.15, -0.1) is 0 Å². The third-order valence-electron chi connectivity index (χ3n) is 2.35. The molecule has 0 heterocycles. The Labute approximate surface area is 99.6 Å². The van der Waals surface area contributed by atoms with Gasteiger partial charge in [-0.25, -0.2) is 4.39 Å². The topological polar surface area (TPSA) is 43.4 Å². The van der Waals surface area contributed by atoms with Gasteiger partial charge in [0.25, 0.3) is 0 Å². The molecule has 0 aliphatic carbocycles. The molecule has 1 rings (SSSR count). The Balaban J connectivity index is 2.60. The summed E-state index contributed by atoms with van der Waals surface area (Å²) in [6.07, 6.45) is 0.0739. The van der Waals surface area contributed by atoms with E-state index in [9.17, 15) is 14.0 Å². The van der Waals surface area contributed by atoms with Crippen molar-refractivity contribution in [3.8, 4) is 0 Å². The first-order valence-electron chi connectivity index (χ1n) is 5.50. The van der Waals surface area contributed by atoms with Crippen molar-refractivity contribution in [2.45, 2.75) is 20.3 Å². The predicted molar refractivity (Wildman–Crippen MR) is 61.1 cm³/mol. The van der Waals surface area contributed by atoms with E-state index in [0.717, 1.165) is 0 Å². The summed E-state index contributed by atoms with van der Waals surface area (Å²) >= 11 is 0. The van der Waals surface area contributed by atoms with Crippen LogP contribution in [0.15, 0.2) is 24.3 Å². The Morgan fingerprint density at radius 1 is 1.29 bits per heavy atom. The van der Waals surface area contributed by atoms with Crippen LogP contribution in [0.3, 0.4) is 0 Å². The number of ketones is 1. The minimum Gasteiger partial charge on any atom is -0.466 e. The van der Waals surface area contributed by atoms with Crippen LogP contribution in [-0.2, 0) is 9.53 Å². The van der Waals surface area contributed by atoms with Gasteiger partial charge in [0.05, 0.1) is 12.5 Å². The summed E-state index contributed by atoms with van der Waals surface area (Å²) in [5, 5.41) is 0. The Morgan fingerprint density at radius 3 is 2.41 bits per heavy atom. The summed E-state index contributed by atoms with van der Waals surface area (Å²) in [7, 11) is 0. The first kappa shape index (κ1) is 13.4. The lowest BCUT2D eigenvalue weighted by Gasteiger charge is -2.09. The molecular formula is C13H15FO3. The van der Waals surface area contributed by atoms with Gasteiger partial charge in [0.2, 0.25) is 0 Å². The van der Waals surface area contributed by atoms with Crippen LogP contribution in [0.25, 0.3) is 0 Å². The Morgan fingerprint density at radius 2 is 1.88 bits per heavy atom. The molecule has 0 amide bonds. The van der Waals surface area contributed by atoms with Gasteiger partial charge >= 0.3 is 5.97 Å². The van der Waals surface area contributed by atoms with Crippen molar-refractivity contribution < 1.29 is 18.7 Å². The molecule has 1 atom stereocenters. The molecule has 1 aromatic carbocycles. The lowest BCUT2D eigenvalue weighted by atomic mass is 10.00. The van der Waals surface area contributed by atoms with Crippen molar-refractivity contribution in [2.24, 2.45) is 5.92 Å². The molecule has 0 bridgehead atoms. The van der Waals surface area contributed by atoms with E-state index in [4.69, 9.17) is 4.74 Å². The molecule has 92 valence electrons. The van der Waals surface area contributed by atoms with Gasteiger partial charge < -0.3 is 4.74 Å². The molecular weight excluding hydrogens is 223 g/mol. The first-order valence-corrected chi connectivity index (χ1v) is 5.50. The van der Waals surface area contributed by atoms with Gasteiger partial charge in [0.15, 0.2) is 5.78 Å². The third kappa shape index (κ3) is 3.98. The molecule has 0 aromatic heterocycles. The van der Waals surface area contributed by atoms with E-state index in [0.29, 0.717) is 12.2 Å². The van der Waals surface area contributed by atoms with E-state index in [1.165, 1.54) is 24.3 Å². The van der Waals surface area contributed by atoms with Gasteiger partial charge in [0.1, 0.15) is 5.82 Å². The van der Waals surface area contributed by atoms with Crippen LogP contribution in [0.4, 0.5) is 4.39 Å². The molecule has 1 aromatic rings. The molecule has 4 heteroatoms. The molecule has 17 heavy (non-hydrogen) atoms. The maximum absolute atomic E-state index is 12.7. The number of carbonyl (C=O) groups excluding carboxylic acids is 2. The number of carbonyl (C=O) groups is 2. The van der Waals surface area contributed by atoms with E-state index >= 15 is 0 Å². The zero-order valence-corrected chi connectivity index (χ0v) is 9.90. The molecule has 0 aliphatic heterocycles. The predicted octanol–water partition coefficient (Wildman–Crippen LogP) is 2.60. The van der Waals surface area contributed by atoms with E-state index in [-0.39, 0.29) is 24.0 Å². The van der Waals surface area contributed by atoms with E-state index in [2.05, 4.69) is 0 Å². The number of halogens is 1. The molecule has 0 saturated carbocycles. The van der Waals surface area contributed by atoms with Crippen LogP contribution >= 0.6 is 0 Å². The average molecular weight is 238 g/mol. The highest BCUT2D eigenvalue weighted by molar-refractivity contribution is 5.97. The number of benzene rings is 1. The fourth-order valence-corrected chi connectivity index (χ4v) is 1.40. The summed E-state index contributed by atoms with van der Waals surface area (Å²) in [6.45, 7) is 3.65. The Bertz CT molecular complexity index is 398. The number of ether oxygens (including phenoxy) is 1. The quantitative estimate of drug-likeness (QED) is 0.585. The van der Waals surface area contributed by atoms with E-state index in [1.54, 1.807) is 13.8 Å². The number of hydrogen-bond acceptors (Lipinski definition) is 3. The monoisotopic (exact) mass is 238 g/mol. The highest BCUT2D eigenvalue weighted by atomic mass is 19.1. The second-order valence-electron chi connectivity index (χ2n) is 3.79. The van der Waals surface area contributed by atoms with Crippen molar-refractivity contribution in [3.05, 3.63) is 35.6 Å². The lowest BCUT2D eigenvalue weighted by Crippen LogP contribution is -2.18. The molecule has 0 fully saturated rings. The molecule has 0 N–H and O–H groups in total. The maximum Gasteiger partial charge on any atom is 0.309 e. The van der Waals surface area contributed by atoms with Crippen LogP contribution in [-0.4, -0.2) is 18.4 Å². The minimum atomic E-state index is -0.479. The second kappa shape index (κ2) is 6.13. The minimum absolute atomic E-state index is 0.0739. The lowest BCUT2D eigenvalue weighted by molar-refractivity contribution is -0.147. The van der Waals surface area contributed by atoms with Gasteiger partial charge in [-0.05, 0) is 31.2 Å². The van der Waals surface area contributed by atoms with Crippen LogP contribution in [0.1, 0.15) is 30.6 Å². The molecule has 0 radical (unpaired) electrons. The summed E-state index contributed by atoms with van der Waals surface area (Å²) in [6, 6.07) is 5.27. The normalized spacial score (nSPS) is 11.9. The van der Waals surface area contributed by atoms with Gasteiger partial charge in [-0.2, -0.15) is 0 Å². The van der Waals surface area contributed by atoms with Crippen molar-refractivity contribution in [1.29, 1.82) is 0 Å². The van der Waals surface area contributed by atoms with Crippen LogP contribution in [0, 0.1) is 11.7 Å². The second-order valence-corrected chi connectivity index (χ2v) is 3.79. The fraction of sp³-hybridized carbons (Fsp3) is 0.385. The van der Waals surface area contributed by atoms with Gasteiger partial charge in [-0.3, -0.25) is 9.59 Å². The SMILES string of the molecule is CCOC(=O)C(C)CC(=O)c1ccc(F)cc1. The highest BCUT2D eigenvalue weighted by Crippen LogP contribution is 2.12. The van der Waals surface area contributed by atoms with E-state index < -0.39 is 5.92 Å². The molecule has 0 spiro atoms. The summed E-state index contributed by atoms with van der Waals surface area (Å²) in [5.41, 5.74) is 0.405. The summed E-state index contributed by atoms with van der Waals surface area (Å²) < 4.78 is 17.5. The maximum atomic E-state index is 12.7. The van der Waals surface area contributed by atoms with E-state index in [1.807, 2.05) is 0 Å². The standard InChI is InChI=1S/C13H15FO3/c1-3-17-13(16)9(2)8-12(15)10-4-6-11(14)7-5-10/h4-7,9H,3,8H2,1-2H3. The molecule has 0 saturated heterocycles. The zero-order valence-electron chi connectivity index (χ0n) is 9.90. The van der Waals surface area contributed by atoms with Crippen molar-refractivity contribution in [3.63, 3.8) is 0 Å². The third-order valence-corrected chi connectivity index (χ3v) is 2.35. The van der Waals surface area contributed by atoms with Crippen molar-refractivity contribution >= 4 is 11.8 Å². The molecule has 0 aliphatic rings. The largest absolute Gasteiger partial charge is 0.466 e. The highest BCUT2D eigenvalue weighted by Gasteiger charge is 2.18. The van der Waals surface area contributed by atoms with Gasteiger partial charge in [0, 0.05) is 12.0 Å². The number of esters is 1. The van der Waals surface area contributed by atoms with Crippen LogP contribution < -0.4 is 0 Å². The average Bonchev–Trinajstić information content (AvgIpc) is 2.30. The number of rotatable bonds is 5. The van der Waals surface area contributed by atoms with Crippen molar-refractivity contribution in [2.75, 3.05) is 6.61 Å². The zero-order chi connectivity index (χ0) is 12.8. The molecule has 1 unspecified atom stereocenters. The van der Waals surface area contributed by atoms with Crippen LogP contribution in [0.5, 0.6) is 0 Å². The Kier molecular flexibility index (Phi) is 4.82. The fourth-order valence-electron chi connectivity index (χ4n) is 1.40. The van der Waals surface area contributed by atoms with Gasteiger partial charge in [-0.1, -0.05) is 6.92 Å². The van der Waals surface area contributed by atoms with Crippen LogP contribution in [0.2, 0.25) is 0 Å². The Hall–Kier alpha value is -1.71. The summed E-state index contributed by atoms with van der Waals surface area (Å²) in [5.74, 6) is -1.44. The molecule has 3 nitrogen and oxygen atoms in total.